The predicted molar refractivity (Wildman–Crippen MR) is 182 cm³/mol. The normalized spacial score (nSPS) is 14.9. The second-order valence-electron chi connectivity index (χ2n) is 12.6. The van der Waals surface area contributed by atoms with Crippen molar-refractivity contribution in [2.75, 3.05) is 11.5 Å². The second kappa shape index (κ2) is 12.9. The van der Waals surface area contributed by atoms with E-state index in [1.54, 1.807) is 0 Å². The van der Waals surface area contributed by atoms with Crippen LogP contribution in [0, 0.1) is 5.92 Å². The highest BCUT2D eigenvalue weighted by Gasteiger charge is 2.38. The minimum atomic E-state index is 0.0437. The van der Waals surface area contributed by atoms with Gasteiger partial charge in [-0.1, -0.05) is 104 Å². The molecule has 1 fully saturated rings. The maximum atomic E-state index is 5.91. The number of nitrogen functional groups attached to an aromatic ring is 2. The number of benzene rings is 5. The average molecular weight is 565 g/mol. The number of nitrogens with two attached hydrogens (primary N) is 2. The molecule has 5 aromatic carbocycles. The molecule has 0 spiro atoms. The maximum Gasteiger partial charge on any atom is 0.0314 e. The fraction of sp³-hybridized carbons (Fsp3) is 0.268. The molecule has 0 atom stereocenters. The lowest BCUT2D eigenvalue weighted by Gasteiger charge is -2.42. The van der Waals surface area contributed by atoms with Gasteiger partial charge < -0.3 is 11.5 Å². The summed E-state index contributed by atoms with van der Waals surface area (Å²) < 4.78 is 0. The Kier molecular flexibility index (Phi) is 8.65. The van der Waals surface area contributed by atoms with Crippen molar-refractivity contribution in [3.8, 4) is 0 Å². The molecule has 0 heterocycles. The summed E-state index contributed by atoms with van der Waals surface area (Å²) >= 11 is 0. The van der Waals surface area contributed by atoms with Crippen molar-refractivity contribution in [2.45, 2.75) is 63.7 Å². The van der Waals surface area contributed by atoms with E-state index in [1.807, 2.05) is 24.3 Å². The van der Waals surface area contributed by atoms with Crippen molar-refractivity contribution >= 4 is 11.4 Å². The third-order valence-electron chi connectivity index (χ3n) is 9.70. The fourth-order valence-corrected chi connectivity index (χ4v) is 6.99. The Balaban J connectivity index is 1.23. The zero-order valence-corrected chi connectivity index (χ0v) is 25.4. The van der Waals surface area contributed by atoms with E-state index >= 15 is 0 Å². The van der Waals surface area contributed by atoms with Gasteiger partial charge in [-0.05, 0) is 126 Å². The second-order valence-corrected chi connectivity index (χ2v) is 12.6. The molecule has 1 saturated carbocycles. The summed E-state index contributed by atoms with van der Waals surface area (Å²) in [5.74, 6) is 0.732. The molecular weight excluding hydrogens is 520 g/mol. The van der Waals surface area contributed by atoms with Crippen LogP contribution in [0.5, 0.6) is 0 Å². The molecule has 0 aliphatic heterocycles. The van der Waals surface area contributed by atoms with Gasteiger partial charge in [0, 0.05) is 16.8 Å². The molecule has 0 amide bonds. The third-order valence-corrected chi connectivity index (χ3v) is 9.70. The van der Waals surface area contributed by atoms with Gasteiger partial charge >= 0.3 is 0 Å². The molecule has 2 nitrogen and oxygen atoms in total. The molecule has 0 bridgehead atoms. The van der Waals surface area contributed by atoms with E-state index in [0.29, 0.717) is 0 Å². The maximum absolute atomic E-state index is 5.91. The molecule has 1 aliphatic rings. The SMILES string of the molecule is CCc1ccc(CC2CCC(c3ccc(Cc4ccc(N)cc4)cc3)(c3ccc(Cc4ccc(N)cc4)cc3)CC2)cc1. The van der Waals surface area contributed by atoms with Crippen LogP contribution < -0.4 is 11.5 Å². The van der Waals surface area contributed by atoms with Crippen LogP contribution in [0.25, 0.3) is 0 Å². The molecule has 5 aromatic rings. The number of anilines is 2. The first kappa shape index (κ1) is 28.8. The van der Waals surface area contributed by atoms with E-state index in [0.717, 1.165) is 36.6 Å². The molecule has 218 valence electrons. The largest absolute Gasteiger partial charge is 0.399 e. The van der Waals surface area contributed by atoms with Gasteiger partial charge in [0.25, 0.3) is 0 Å². The van der Waals surface area contributed by atoms with Crippen LogP contribution in [-0.2, 0) is 31.1 Å². The molecule has 0 unspecified atom stereocenters. The van der Waals surface area contributed by atoms with Crippen LogP contribution in [-0.4, -0.2) is 0 Å². The first-order valence-corrected chi connectivity index (χ1v) is 15.9. The van der Waals surface area contributed by atoms with Crippen molar-refractivity contribution in [2.24, 2.45) is 5.92 Å². The van der Waals surface area contributed by atoms with E-state index in [2.05, 4.69) is 104 Å². The topological polar surface area (TPSA) is 52.0 Å². The summed E-state index contributed by atoms with van der Waals surface area (Å²) in [4.78, 5) is 0. The van der Waals surface area contributed by atoms with Gasteiger partial charge in [-0.3, -0.25) is 0 Å². The van der Waals surface area contributed by atoms with Crippen molar-refractivity contribution in [1.29, 1.82) is 0 Å². The zero-order valence-electron chi connectivity index (χ0n) is 25.4. The number of aryl methyl sites for hydroxylation is 1. The summed E-state index contributed by atoms with van der Waals surface area (Å²) in [5.41, 5.74) is 24.5. The van der Waals surface area contributed by atoms with Crippen LogP contribution in [0.2, 0.25) is 0 Å². The van der Waals surface area contributed by atoms with Gasteiger partial charge in [0.05, 0.1) is 0 Å². The summed E-state index contributed by atoms with van der Waals surface area (Å²) in [6.45, 7) is 2.23. The van der Waals surface area contributed by atoms with E-state index < -0.39 is 0 Å². The summed E-state index contributed by atoms with van der Waals surface area (Å²) in [6, 6.07) is 44.8. The summed E-state index contributed by atoms with van der Waals surface area (Å²) in [6.07, 6.45) is 8.98. The van der Waals surface area contributed by atoms with E-state index in [9.17, 15) is 0 Å². The minimum absolute atomic E-state index is 0.0437. The average Bonchev–Trinajstić information content (AvgIpc) is 3.05. The highest BCUT2D eigenvalue weighted by molar-refractivity contribution is 5.45. The van der Waals surface area contributed by atoms with Crippen LogP contribution in [0.1, 0.15) is 77.1 Å². The lowest BCUT2D eigenvalue weighted by Crippen LogP contribution is -2.33. The molecular formula is C41H44N2. The highest BCUT2D eigenvalue weighted by atomic mass is 14.5. The lowest BCUT2D eigenvalue weighted by molar-refractivity contribution is 0.264. The van der Waals surface area contributed by atoms with Gasteiger partial charge in [-0.15, -0.1) is 0 Å². The van der Waals surface area contributed by atoms with E-state index in [-0.39, 0.29) is 5.41 Å². The lowest BCUT2D eigenvalue weighted by atomic mass is 9.62. The molecule has 0 saturated heterocycles. The van der Waals surface area contributed by atoms with Crippen molar-refractivity contribution in [3.05, 3.63) is 166 Å². The first-order valence-electron chi connectivity index (χ1n) is 15.9. The Morgan fingerprint density at radius 1 is 0.488 bits per heavy atom. The Labute approximate surface area is 257 Å². The molecule has 1 aliphatic carbocycles. The Morgan fingerprint density at radius 3 is 1.23 bits per heavy atom. The van der Waals surface area contributed by atoms with Gasteiger partial charge in [0.2, 0.25) is 0 Å². The molecule has 4 N–H and O–H groups in total. The molecule has 0 aromatic heterocycles. The smallest absolute Gasteiger partial charge is 0.0314 e. The van der Waals surface area contributed by atoms with Crippen LogP contribution in [0.3, 0.4) is 0 Å². The molecule has 2 heteroatoms. The summed E-state index contributed by atoms with van der Waals surface area (Å²) in [7, 11) is 0. The van der Waals surface area contributed by atoms with Crippen molar-refractivity contribution in [1.82, 2.24) is 0 Å². The van der Waals surface area contributed by atoms with E-state index in [4.69, 9.17) is 11.5 Å². The zero-order chi connectivity index (χ0) is 29.6. The monoisotopic (exact) mass is 564 g/mol. The van der Waals surface area contributed by atoms with Gasteiger partial charge in [-0.2, -0.15) is 0 Å². The number of rotatable bonds is 9. The Morgan fingerprint density at radius 2 is 0.837 bits per heavy atom. The van der Waals surface area contributed by atoms with Gasteiger partial charge in [-0.25, -0.2) is 0 Å². The molecule has 6 rings (SSSR count). The molecule has 0 radical (unpaired) electrons. The fourth-order valence-electron chi connectivity index (χ4n) is 6.99. The predicted octanol–water partition coefficient (Wildman–Crippen LogP) is 9.31. The van der Waals surface area contributed by atoms with Crippen molar-refractivity contribution in [3.63, 3.8) is 0 Å². The standard InChI is InChI=1S/C41H44N2/c1-2-30-3-5-31(6-4-30)29-36-23-25-41(26-24-36,37-15-7-32(8-16-37)27-34-11-19-39(42)20-12-34)38-17-9-33(10-18-38)28-35-13-21-40(43)22-14-35/h3-22,36H,2,23-29,42-43H2,1H3. The quantitative estimate of drug-likeness (QED) is 0.175. The van der Waals surface area contributed by atoms with Crippen LogP contribution >= 0.6 is 0 Å². The summed E-state index contributed by atoms with van der Waals surface area (Å²) in [5, 5.41) is 0. The minimum Gasteiger partial charge on any atom is -0.399 e. The van der Waals surface area contributed by atoms with Crippen molar-refractivity contribution < 1.29 is 0 Å². The first-order chi connectivity index (χ1) is 21.0. The Hall–Kier alpha value is -4.30. The van der Waals surface area contributed by atoms with Gasteiger partial charge in [0.1, 0.15) is 0 Å². The molecule has 43 heavy (non-hydrogen) atoms. The van der Waals surface area contributed by atoms with Crippen LogP contribution in [0.15, 0.2) is 121 Å². The number of hydrogen-bond donors (Lipinski definition) is 2. The van der Waals surface area contributed by atoms with Crippen LogP contribution in [0.4, 0.5) is 11.4 Å². The van der Waals surface area contributed by atoms with Gasteiger partial charge in [0.15, 0.2) is 0 Å². The number of hydrogen-bond acceptors (Lipinski definition) is 2. The highest BCUT2D eigenvalue weighted by Crippen LogP contribution is 2.47. The Bertz CT molecular complexity index is 1500. The third kappa shape index (κ3) is 6.86. The van der Waals surface area contributed by atoms with E-state index in [1.165, 1.54) is 76.6 Å².